The van der Waals surface area contributed by atoms with Crippen LogP contribution in [0.25, 0.3) is 0 Å². The third-order valence-electron chi connectivity index (χ3n) is 5.93. The molecule has 0 aliphatic heterocycles. The van der Waals surface area contributed by atoms with Crippen molar-refractivity contribution in [3.8, 4) is 5.75 Å². The topological polar surface area (TPSA) is 260 Å². The van der Waals surface area contributed by atoms with Gasteiger partial charge in [0.25, 0.3) is 0 Å². The second kappa shape index (κ2) is 16.4. The summed E-state index contributed by atoms with van der Waals surface area (Å²) in [6.07, 6.45) is -0.811. The lowest BCUT2D eigenvalue weighted by molar-refractivity contribution is -0.139. The minimum atomic E-state index is -1.57. The van der Waals surface area contributed by atoms with Crippen molar-refractivity contribution in [3.05, 3.63) is 29.8 Å². The van der Waals surface area contributed by atoms with Gasteiger partial charge in [0.15, 0.2) is 0 Å². The van der Waals surface area contributed by atoms with Crippen LogP contribution < -0.4 is 32.7 Å². The lowest BCUT2D eigenvalue weighted by Crippen LogP contribution is -2.60. The number of phenols is 1. The molecular weight excluding hydrogens is 528 g/mol. The number of phenolic OH excluding ortho intramolecular Hbond substituents is 1. The Hall–Kier alpha value is -4.53. The summed E-state index contributed by atoms with van der Waals surface area (Å²) in [5.41, 5.74) is 11.2. The number of nitrogens with two attached hydrogens (primary N) is 2. The number of primary amides is 1. The SMILES string of the molecule is CC[C@H](C)[C@H](NC(=O)[C@H](Cc1ccc(O)cc1)NC(=O)CN)C(=O)N[C@@H](CC(N)=O)C(=O)N[C@H](C=O)CC(=O)O. The van der Waals surface area contributed by atoms with Gasteiger partial charge in [-0.1, -0.05) is 32.4 Å². The molecule has 0 spiro atoms. The van der Waals surface area contributed by atoms with Gasteiger partial charge in [-0.15, -0.1) is 0 Å². The molecule has 1 rings (SSSR count). The molecule has 0 fully saturated rings. The van der Waals surface area contributed by atoms with Crippen LogP contribution in [0.4, 0.5) is 0 Å². The lowest BCUT2D eigenvalue weighted by Gasteiger charge is -2.28. The predicted molar refractivity (Wildman–Crippen MR) is 140 cm³/mol. The molecule has 15 nitrogen and oxygen atoms in total. The molecule has 40 heavy (non-hydrogen) atoms. The van der Waals surface area contributed by atoms with Crippen LogP contribution in [0.2, 0.25) is 0 Å². The smallest absolute Gasteiger partial charge is 0.305 e. The Morgan fingerprint density at radius 2 is 1.50 bits per heavy atom. The largest absolute Gasteiger partial charge is 0.508 e. The molecule has 10 N–H and O–H groups in total. The molecule has 220 valence electrons. The molecule has 15 heteroatoms. The summed E-state index contributed by atoms with van der Waals surface area (Å²) in [5.74, 6) is -6.09. The van der Waals surface area contributed by atoms with Gasteiger partial charge in [-0.25, -0.2) is 0 Å². The van der Waals surface area contributed by atoms with Crippen LogP contribution in [-0.2, 0) is 40.0 Å². The van der Waals surface area contributed by atoms with Gasteiger partial charge in [-0.05, 0) is 23.6 Å². The van der Waals surface area contributed by atoms with E-state index in [9.17, 15) is 38.7 Å². The minimum Gasteiger partial charge on any atom is -0.508 e. The van der Waals surface area contributed by atoms with Crippen LogP contribution in [0.5, 0.6) is 5.75 Å². The van der Waals surface area contributed by atoms with E-state index in [1.165, 1.54) is 12.1 Å². The zero-order valence-corrected chi connectivity index (χ0v) is 22.2. The van der Waals surface area contributed by atoms with Crippen LogP contribution in [0, 0.1) is 5.92 Å². The summed E-state index contributed by atoms with van der Waals surface area (Å²) in [7, 11) is 0. The van der Waals surface area contributed by atoms with Crippen LogP contribution in [0.15, 0.2) is 24.3 Å². The summed E-state index contributed by atoms with van der Waals surface area (Å²) in [6.45, 7) is 2.99. The lowest BCUT2D eigenvalue weighted by atomic mass is 9.96. The van der Waals surface area contributed by atoms with Gasteiger partial charge in [-0.2, -0.15) is 0 Å². The summed E-state index contributed by atoms with van der Waals surface area (Å²) >= 11 is 0. The van der Waals surface area contributed by atoms with Gasteiger partial charge in [-0.3, -0.25) is 28.8 Å². The standard InChI is InChI=1S/C25H36N6O9/c1-3-13(2)22(25(40)30-18(10-19(27)34)23(38)28-15(12-32)9-21(36)37)31-24(39)17(29-20(35)11-26)8-14-4-6-16(33)7-5-14/h4-7,12-13,15,17-18,22,33H,3,8-11,26H2,1-2H3,(H2,27,34)(H,28,38)(H,29,35)(H,30,40)(H,31,39)(H,36,37)/t13-,15-,17-,18-,22-/m0/s1. The quantitative estimate of drug-likeness (QED) is 0.0917. The third-order valence-corrected chi connectivity index (χ3v) is 5.93. The summed E-state index contributed by atoms with van der Waals surface area (Å²) in [4.78, 5) is 84.8. The van der Waals surface area contributed by atoms with Gasteiger partial charge >= 0.3 is 5.97 Å². The fraction of sp³-hybridized carbons (Fsp3) is 0.480. The normalized spacial score (nSPS) is 14.4. The second-order valence-corrected chi connectivity index (χ2v) is 9.15. The summed E-state index contributed by atoms with van der Waals surface area (Å²) in [6, 6.07) is 0.511. The fourth-order valence-electron chi connectivity index (χ4n) is 3.56. The Morgan fingerprint density at radius 3 is 2.00 bits per heavy atom. The molecule has 5 atom stereocenters. The highest BCUT2D eigenvalue weighted by molar-refractivity contribution is 5.96. The molecule has 1 aromatic rings. The molecule has 0 saturated heterocycles. The first-order valence-corrected chi connectivity index (χ1v) is 12.4. The maximum absolute atomic E-state index is 13.2. The number of hydrogen-bond donors (Lipinski definition) is 8. The molecule has 1 aromatic carbocycles. The first-order chi connectivity index (χ1) is 18.8. The number of nitrogens with one attached hydrogen (secondary N) is 4. The molecule has 0 radical (unpaired) electrons. The number of rotatable bonds is 17. The van der Waals surface area contributed by atoms with Crippen LogP contribution in [0.1, 0.15) is 38.7 Å². The highest BCUT2D eigenvalue weighted by atomic mass is 16.4. The number of carbonyl (C=O) groups is 7. The van der Waals surface area contributed by atoms with E-state index in [1.807, 2.05) is 0 Å². The summed E-state index contributed by atoms with van der Waals surface area (Å²) < 4.78 is 0. The molecule has 0 bridgehead atoms. The number of benzene rings is 1. The number of carboxylic acid groups (broad SMARTS) is 1. The number of carboxylic acids is 1. The van der Waals surface area contributed by atoms with Crippen LogP contribution in [0.3, 0.4) is 0 Å². The van der Waals surface area contributed by atoms with Gasteiger partial charge in [0.05, 0.1) is 25.4 Å². The predicted octanol–water partition coefficient (Wildman–Crippen LogP) is -2.57. The number of aldehydes is 1. The van der Waals surface area contributed by atoms with Crippen LogP contribution >= 0.6 is 0 Å². The van der Waals surface area contributed by atoms with Crippen molar-refractivity contribution in [2.75, 3.05) is 6.54 Å². The Kier molecular flexibility index (Phi) is 13.8. The Labute approximate surface area is 230 Å². The molecular formula is C25H36N6O9. The monoisotopic (exact) mass is 564 g/mol. The van der Waals surface area contributed by atoms with E-state index in [1.54, 1.807) is 26.0 Å². The molecule has 5 amide bonds. The van der Waals surface area contributed by atoms with Crippen molar-refractivity contribution in [2.45, 2.75) is 63.7 Å². The van der Waals surface area contributed by atoms with Crippen molar-refractivity contribution in [1.82, 2.24) is 21.3 Å². The molecule has 0 heterocycles. The van der Waals surface area contributed by atoms with E-state index in [-0.39, 0.29) is 18.5 Å². The fourth-order valence-corrected chi connectivity index (χ4v) is 3.56. The van der Waals surface area contributed by atoms with Gasteiger partial charge in [0.1, 0.15) is 30.2 Å². The van der Waals surface area contributed by atoms with Crippen molar-refractivity contribution in [1.29, 1.82) is 0 Å². The average Bonchev–Trinajstić information content (AvgIpc) is 2.90. The van der Waals surface area contributed by atoms with E-state index in [0.29, 0.717) is 12.0 Å². The maximum atomic E-state index is 13.2. The number of aliphatic carboxylic acids is 1. The Morgan fingerprint density at radius 1 is 0.900 bits per heavy atom. The number of carbonyl (C=O) groups excluding carboxylic acids is 6. The summed E-state index contributed by atoms with van der Waals surface area (Å²) in [5, 5.41) is 27.9. The number of amides is 5. The molecule has 0 aliphatic carbocycles. The maximum Gasteiger partial charge on any atom is 0.305 e. The van der Waals surface area contributed by atoms with E-state index < -0.39 is 85.0 Å². The minimum absolute atomic E-state index is 0.00114. The number of hydrogen-bond acceptors (Lipinski definition) is 9. The van der Waals surface area contributed by atoms with Gasteiger partial charge in [0, 0.05) is 6.42 Å². The first-order valence-electron chi connectivity index (χ1n) is 12.4. The van der Waals surface area contributed by atoms with Gasteiger partial charge in [0.2, 0.25) is 29.5 Å². The average molecular weight is 565 g/mol. The van der Waals surface area contributed by atoms with Crippen LogP contribution in [-0.4, -0.2) is 82.7 Å². The molecule has 0 aromatic heterocycles. The Bertz CT molecular complexity index is 1080. The van der Waals surface area contributed by atoms with Gasteiger partial charge < -0.3 is 47.7 Å². The Balaban J connectivity index is 3.16. The molecule has 0 aliphatic rings. The zero-order chi connectivity index (χ0) is 30.4. The van der Waals surface area contributed by atoms with E-state index in [0.717, 1.165) is 0 Å². The second-order valence-electron chi connectivity index (χ2n) is 9.15. The molecule has 0 unspecified atom stereocenters. The van der Waals surface area contributed by atoms with E-state index in [2.05, 4.69) is 21.3 Å². The third kappa shape index (κ3) is 11.5. The zero-order valence-electron chi connectivity index (χ0n) is 22.2. The highest BCUT2D eigenvalue weighted by Crippen LogP contribution is 2.13. The highest BCUT2D eigenvalue weighted by Gasteiger charge is 2.33. The van der Waals surface area contributed by atoms with Crippen molar-refractivity contribution in [2.24, 2.45) is 17.4 Å². The van der Waals surface area contributed by atoms with Crippen molar-refractivity contribution < 1.29 is 43.8 Å². The van der Waals surface area contributed by atoms with E-state index >= 15 is 0 Å². The number of aromatic hydroxyl groups is 1. The van der Waals surface area contributed by atoms with Crippen molar-refractivity contribution >= 4 is 41.8 Å². The van der Waals surface area contributed by atoms with E-state index in [4.69, 9.17) is 16.6 Å². The molecule has 0 saturated carbocycles. The first kappa shape index (κ1) is 33.5. The van der Waals surface area contributed by atoms with Crippen molar-refractivity contribution in [3.63, 3.8) is 0 Å².